The molecule has 0 bridgehead atoms. The summed E-state index contributed by atoms with van der Waals surface area (Å²) in [5, 5.41) is 0.698. The number of ether oxygens (including phenoxy) is 1. The zero-order valence-electron chi connectivity index (χ0n) is 12.3. The zero-order chi connectivity index (χ0) is 15.6. The number of hydrogen-bond donors (Lipinski definition) is 0. The molecule has 4 rings (SSSR count). The van der Waals surface area contributed by atoms with Crippen LogP contribution in [0.2, 0.25) is 5.02 Å². The average molecular weight is 320 g/mol. The van der Waals surface area contributed by atoms with Gasteiger partial charge in [0.15, 0.2) is 6.10 Å². The molecule has 1 aliphatic rings. The smallest absolute Gasteiger partial charge is 0.222 e. The molecule has 0 aromatic heterocycles. The highest BCUT2D eigenvalue weighted by Crippen LogP contribution is 2.36. The molecule has 3 heteroatoms. The van der Waals surface area contributed by atoms with Crippen molar-refractivity contribution in [3.8, 4) is 0 Å². The Hall–Kier alpha value is -2.58. The van der Waals surface area contributed by atoms with E-state index in [-0.39, 0.29) is 6.10 Å². The first-order valence-electron chi connectivity index (χ1n) is 7.46. The van der Waals surface area contributed by atoms with Crippen molar-refractivity contribution in [2.45, 2.75) is 6.10 Å². The largest absolute Gasteiger partial charge is 0.464 e. The van der Waals surface area contributed by atoms with Crippen molar-refractivity contribution in [3.63, 3.8) is 0 Å². The maximum absolute atomic E-state index is 6.17. The van der Waals surface area contributed by atoms with E-state index < -0.39 is 0 Å². The first-order valence-corrected chi connectivity index (χ1v) is 7.84. The van der Waals surface area contributed by atoms with Crippen molar-refractivity contribution < 1.29 is 4.74 Å². The normalized spacial score (nSPS) is 17.8. The Balaban J connectivity index is 1.77. The molecule has 1 atom stereocenters. The van der Waals surface area contributed by atoms with Crippen LogP contribution in [0, 0.1) is 0 Å². The van der Waals surface area contributed by atoms with Crippen LogP contribution in [0.15, 0.2) is 83.9 Å². The number of fused-ring (bicyclic) bond motifs is 1. The maximum Gasteiger partial charge on any atom is 0.222 e. The fourth-order valence-corrected chi connectivity index (χ4v) is 2.88. The van der Waals surface area contributed by atoms with Crippen molar-refractivity contribution in [1.29, 1.82) is 0 Å². The predicted molar refractivity (Wildman–Crippen MR) is 93.5 cm³/mol. The quantitative estimate of drug-likeness (QED) is 0.608. The molecule has 0 saturated heterocycles. The van der Waals surface area contributed by atoms with E-state index >= 15 is 0 Å². The number of aliphatic imine (C=N–C) groups is 1. The summed E-state index contributed by atoms with van der Waals surface area (Å²) in [5.74, 6) is 0.650. The number of benzene rings is 3. The van der Waals surface area contributed by atoms with E-state index in [9.17, 15) is 0 Å². The lowest BCUT2D eigenvalue weighted by atomic mass is 9.99. The second-order valence-corrected chi connectivity index (χ2v) is 5.83. The molecule has 0 N–H and O–H groups in total. The van der Waals surface area contributed by atoms with E-state index in [1.807, 2.05) is 60.7 Å². The van der Waals surface area contributed by atoms with Crippen LogP contribution in [-0.4, -0.2) is 5.90 Å². The summed E-state index contributed by atoms with van der Waals surface area (Å²) >= 11 is 5.93. The van der Waals surface area contributed by atoms with Crippen LogP contribution >= 0.6 is 11.6 Å². The molecule has 0 aliphatic carbocycles. The second-order valence-electron chi connectivity index (χ2n) is 5.39. The molecule has 0 amide bonds. The Kier molecular flexibility index (Phi) is 3.60. The van der Waals surface area contributed by atoms with Gasteiger partial charge in [-0.3, -0.25) is 0 Å². The number of nitrogens with zero attached hydrogens (tertiary/aromatic N) is 1. The lowest BCUT2D eigenvalue weighted by Gasteiger charge is -2.11. The number of halogens is 1. The molecule has 0 saturated carbocycles. The first kappa shape index (κ1) is 14.0. The molecule has 3 aromatic carbocycles. The molecule has 1 unspecified atom stereocenters. The molecule has 0 fully saturated rings. The van der Waals surface area contributed by atoms with Gasteiger partial charge >= 0.3 is 0 Å². The lowest BCUT2D eigenvalue weighted by Crippen LogP contribution is -2.01. The Morgan fingerprint density at radius 2 is 1.48 bits per heavy atom. The summed E-state index contributed by atoms with van der Waals surface area (Å²) in [7, 11) is 0. The zero-order valence-corrected chi connectivity index (χ0v) is 13.1. The molecule has 2 nitrogen and oxygen atoms in total. The third-order valence-corrected chi connectivity index (χ3v) is 4.11. The summed E-state index contributed by atoms with van der Waals surface area (Å²) in [6.07, 6.45) is -0.113. The third kappa shape index (κ3) is 2.73. The Morgan fingerprint density at radius 1 is 0.783 bits per heavy atom. The van der Waals surface area contributed by atoms with Crippen LogP contribution in [0.3, 0.4) is 0 Å². The van der Waals surface area contributed by atoms with Crippen molar-refractivity contribution in [2.75, 3.05) is 0 Å². The number of hydrogen-bond acceptors (Lipinski definition) is 2. The van der Waals surface area contributed by atoms with Gasteiger partial charge < -0.3 is 4.74 Å². The van der Waals surface area contributed by atoms with Gasteiger partial charge in [-0.25, -0.2) is 4.99 Å². The van der Waals surface area contributed by atoms with Crippen LogP contribution in [0.4, 0.5) is 5.69 Å². The minimum absolute atomic E-state index is 0.113. The van der Waals surface area contributed by atoms with Gasteiger partial charge in [0.25, 0.3) is 0 Å². The Morgan fingerprint density at radius 3 is 2.26 bits per heavy atom. The minimum atomic E-state index is -0.113. The Labute approximate surface area is 140 Å². The molecular weight excluding hydrogens is 306 g/mol. The fraction of sp³-hybridized carbons (Fsp3) is 0.0500. The van der Waals surface area contributed by atoms with Gasteiger partial charge in [-0.2, -0.15) is 0 Å². The second kappa shape index (κ2) is 5.90. The van der Waals surface area contributed by atoms with Gasteiger partial charge in [0, 0.05) is 16.1 Å². The fourth-order valence-electron chi connectivity index (χ4n) is 2.75. The predicted octanol–water partition coefficient (Wildman–Crippen LogP) is 5.54. The summed E-state index contributed by atoms with van der Waals surface area (Å²) < 4.78 is 6.17. The van der Waals surface area contributed by atoms with Crippen LogP contribution in [0.1, 0.15) is 22.8 Å². The topological polar surface area (TPSA) is 21.6 Å². The van der Waals surface area contributed by atoms with Crippen molar-refractivity contribution in [3.05, 3.63) is 101 Å². The van der Waals surface area contributed by atoms with Crippen molar-refractivity contribution in [1.82, 2.24) is 0 Å². The molecule has 1 heterocycles. The van der Waals surface area contributed by atoms with Crippen molar-refractivity contribution in [2.24, 2.45) is 4.99 Å². The van der Waals surface area contributed by atoms with Gasteiger partial charge in [-0.1, -0.05) is 60.1 Å². The van der Waals surface area contributed by atoms with Gasteiger partial charge in [0.1, 0.15) is 0 Å². The maximum atomic E-state index is 6.17. The van der Waals surface area contributed by atoms with Gasteiger partial charge in [0.05, 0.1) is 5.69 Å². The van der Waals surface area contributed by atoms with E-state index in [2.05, 4.69) is 23.2 Å². The van der Waals surface area contributed by atoms with Gasteiger partial charge in [-0.15, -0.1) is 0 Å². The number of rotatable bonds is 2. The Bertz CT molecular complexity index is 856. The SMILES string of the molecule is Clc1ccc(N=C2OC(c3ccccc3)c3ccccc32)cc1. The van der Waals surface area contributed by atoms with Crippen LogP contribution in [-0.2, 0) is 4.74 Å². The monoisotopic (exact) mass is 319 g/mol. The van der Waals surface area contributed by atoms with E-state index in [4.69, 9.17) is 16.3 Å². The van der Waals surface area contributed by atoms with Gasteiger partial charge in [0.2, 0.25) is 5.90 Å². The molecule has 23 heavy (non-hydrogen) atoms. The molecular formula is C20H14ClNO. The minimum Gasteiger partial charge on any atom is -0.464 e. The van der Waals surface area contributed by atoms with E-state index in [1.54, 1.807) is 0 Å². The van der Waals surface area contributed by atoms with Crippen LogP contribution in [0.5, 0.6) is 0 Å². The van der Waals surface area contributed by atoms with Crippen LogP contribution < -0.4 is 0 Å². The molecule has 3 aromatic rings. The summed E-state index contributed by atoms with van der Waals surface area (Å²) in [6, 6.07) is 25.8. The highest BCUT2D eigenvalue weighted by atomic mass is 35.5. The molecule has 0 spiro atoms. The molecule has 1 aliphatic heterocycles. The lowest BCUT2D eigenvalue weighted by molar-refractivity contribution is 0.252. The van der Waals surface area contributed by atoms with Gasteiger partial charge in [-0.05, 0) is 35.9 Å². The van der Waals surface area contributed by atoms with E-state index in [0.717, 1.165) is 22.4 Å². The summed E-state index contributed by atoms with van der Waals surface area (Å²) in [5.41, 5.74) is 4.14. The highest BCUT2D eigenvalue weighted by Gasteiger charge is 2.30. The molecule has 0 radical (unpaired) electrons. The third-order valence-electron chi connectivity index (χ3n) is 3.86. The van der Waals surface area contributed by atoms with Crippen molar-refractivity contribution >= 4 is 23.2 Å². The van der Waals surface area contributed by atoms with E-state index in [1.165, 1.54) is 0 Å². The molecule has 112 valence electrons. The van der Waals surface area contributed by atoms with Crippen LogP contribution in [0.25, 0.3) is 0 Å². The van der Waals surface area contributed by atoms with E-state index in [0.29, 0.717) is 10.9 Å². The highest BCUT2D eigenvalue weighted by molar-refractivity contribution is 6.30. The first-order chi connectivity index (χ1) is 11.3. The standard InChI is InChI=1S/C20H14ClNO/c21-15-10-12-16(13-11-15)22-20-18-9-5-4-8-17(18)19(23-20)14-6-2-1-3-7-14/h1-13,19H. The summed E-state index contributed by atoms with van der Waals surface area (Å²) in [4.78, 5) is 4.65. The average Bonchev–Trinajstić information content (AvgIpc) is 2.97. The summed E-state index contributed by atoms with van der Waals surface area (Å²) in [6.45, 7) is 0.